The van der Waals surface area contributed by atoms with E-state index in [9.17, 15) is 20.1 Å². The standard InChI is InChI=1S/C41H58O11/c1-10-12-14-19-41(4,25-43)40(45)28-22-33(49-8)39(34(23-28)50-9)52-35(24-42)36(29-17-15-18-30(46-5)37(29)44)27-20-31(47-6)38(32(21-27)48-7)51-26(3)16-13-11-2/h15,17-18,20-23,26,35-36,42-44H,10-14,16,19,24-25H2,1-9H3. The Morgan fingerprint density at radius 1 is 0.750 bits per heavy atom. The van der Waals surface area contributed by atoms with Gasteiger partial charge >= 0.3 is 0 Å². The van der Waals surface area contributed by atoms with Crippen molar-refractivity contribution in [3.8, 4) is 46.0 Å². The van der Waals surface area contributed by atoms with Crippen LogP contribution in [0.5, 0.6) is 46.0 Å². The number of aliphatic hydroxyl groups excluding tert-OH is 2. The molecule has 0 aromatic heterocycles. The number of phenols is 1. The number of carbonyl (C=O) groups is 1. The molecule has 0 aliphatic carbocycles. The Balaban J connectivity index is 2.21. The van der Waals surface area contributed by atoms with Crippen LogP contribution in [-0.2, 0) is 0 Å². The number of phenolic OH excluding ortho intramolecular Hbond substituents is 1. The molecule has 0 saturated carbocycles. The molecule has 4 atom stereocenters. The Labute approximate surface area is 308 Å². The summed E-state index contributed by atoms with van der Waals surface area (Å²) in [5, 5.41) is 32.8. The van der Waals surface area contributed by atoms with Crippen molar-refractivity contribution in [1.29, 1.82) is 0 Å². The largest absolute Gasteiger partial charge is 0.504 e. The van der Waals surface area contributed by atoms with Gasteiger partial charge in [0.25, 0.3) is 0 Å². The van der Waals surface area contributed by atoms with Crippen molar-refractivity contribution in [2.45, 2.75) is 90.8 Å². The Morgan fingerprint density at radius 2 is 1.29 bits per heavy atom. The van der Waals surface area contributed by atoms with Crippen LogP contribution < -0.4 is 33.2 Å². The van der Waals surface area contributed by atoms with Gasteiger partial charge in [0.2, 0.25) is 11.5 Å². The monoisotopic (exact) mass is 726 g/mol. The number of benzene rings is 3. The van der Waals surface area contributed by atoms with Crippen LogP contribution in [0, 0.1) is 5.41 Å². The maximum Gasteiger partial charge on any atom is 0.203 e. The first-order valence-corrected chi connectivity index (χ1v) is 18.0. The fourth-order valence-corrected chi connectivity index (χ4v) is 6.36. The van der Waals surface area contributed by atoms with Crippen LogP contribution in [0.1, 0.15) is 100 Å². The zero-order valence-corrected chi connectivity index (χ0v) is 32.2. The van der Waals surface area contributed by atoms with Crippen LogP contribution in [0.4, 0.5) is 0 Å². The van der Waals surface area contributed by atoms with Crippen molar-refractivity contribution in [2.75, 3.05) is 48.8 Å². The lowest BCUT2D eigenvalue weighted by atomic mass is 9.78. The van der Waals surface area contributed by atoms with E-state index in [2.05, 4.69) is 13.8 Å². The van der Waals surface area contributed by atoms with E-state index in [1.165, 1.54) is 35.5 Å². The van der Waals surface area contributed by atoms with Gasteiger partial charge in [-0.25, -0.2) is 0 Å². The third-order valence-corrected chi connectivity index (χ3v) is 9.48. The highest BCUT2D eigenvalue weighted by Crippen LogP contribution is 2.48. The number of hydrogen-bond acceptors (Lipinski definition) is 11. The number of methoxy groups -OCH3 is 5. The molecule has 0 radical (unpaired) electrons. The highest BCUT2D eigenvalue weighted by Gasteiger charge is 2.36. The SMILES string of the molecule is CCCCCC(C)(CO)C(=O)c1cc(OC)c(OC(CO)C(c2cc(OC)c(OC(C)CCCC)c(OC)c2)c2cccc(OC)c2O)c(OC)c1. The Hall–Kier alpha value is -4.35. The molecule has 3 N–H and O–H groups in total. The summed E-state index contributed by atoms with van der Waals surface area (Å²) in [7, 11) is 7.40. The predicted molar refractivity (Wildman–Crippen MR) is 200 cm³/mol. The third kappa shape index (κ3) is 9.74. The summed E-state index contributed by atoms with van der Waals surface area (Å²) < 4.78 is 41.5. The highest BCUT2D eigenvalue weighted by atomic mass is 16.6. The summed E-state index contributed by atoms with van der Waals surface area (Å²) in [6.45, 7) is 7.12. The number of unbranched alkanes of at least 4 members (excludes halogenated alkanes) is 3. The number of Topliss-reactive ketones (excluding diaryl/α,β-unsaturated/α-hetero) is 1. The molecule has 0 saturated heterocycles. The van der Waals surface area contributed by atoms with E-state index in [0.29, 0.717) is 34.8 Å². The average molecular weight is 727 g/mol. The van der Waals surface area contributed by atoms with Gasteiger partial charge in [-0.15, -0.1) is 0 Å². The van der Waals surface area contributed by atoms with Crippen molar-refractivity contribution >= 4 is 5.78 Å². The number of para-hydroxylation sites is 1. The molecule has 0 heterocycles. The van der Waals surface area contributed by atoms with Crippen LogP contribution >= 0.6 is 0 Å². The third-order valence-electron chi connectivity index (χ3n) is 9.48. The fraction of sp³-hybridized carbons (Fsp3) is 0.537. The second-order valence-electron chi connectivity index (χ2n) is 13.3. The molecule has 0 amide bonds. The highest BCUT2D eigenvalue weighted by molar-refractivity contribution is 6.01. The second kappa shape index (κ2) is 20.0. The van der Waals surface area contributed by atoms with Gasteiger partial charge in [0.15, 0.2) is 40.3 Å². The molecule has 3 aromatic rings. The molecular weight excluding hydrogens is 668 g/mol. The first kappa shape index (κ1) is 42.1. The fourth-order valence-electron chi connectivity index (χ4n) is 6.36. The van der Waals surface area contributed by atoms with E-state index in [0.717, 1.165) is 38.5 Å². The molecule has 0 aliphatic heterocycles. The van der Waals surface area contributed by atoms with Gasteiger partial charge in [0.05, 0.1) is 66.2 Å². The van der Waals surface area contributed by atoms with E-state index in [-0.39, 0.29) is 52.8 Å². The number of aromatic hydroxyl groups is 1. The molecule has 3 rings (SSSR count). The molecule has 52 heavy (non-hydrogen) atoms. The lowest BCUT2D eigenvalue weighted by Gasteiger charge is -2.31. The summed E-state index contributed by atoms with van der Waals surface area (Å²) in [6, 6.07) is 11.7. The zero-order chi connectivity index (χ0) is 38.4. The normalized spacial score (nSPS) is 14.1. The van der Waals surface area contributed by atoms with Crippen LogP contribution in [-0.4, -0.2) is 82.1 Å². The van der Waals surface area contributed by atoms with Gasteiger partial charge in [0, 0.05) is 11.1 Å². The van der Waals surface area contributed by atoms with Crippen LogP contribution in [0.25, 0.3) is 0 Å². The summed E-state index contributed by atoms with van der Waals surface area (Å²) in [6.07, 6.45) is 4.95. The molecule has 4 unspecified atom stereocenters. The summed E-state index contributed by atoms with van der Waals surface area (Å²) in [5.41, 5.74) is 0.246. The predicted octanol–water partition coefficient (Wildman–Crippen LogP) is 7.73. The number of ether oxygens (including phenoxy) is 7. The lowest BCUT2D eigenvalue weighted by molar-refractivity contribution is 0.0653. The van der Waals surface area contributed by atoms with Gasteiger partial charge < -0.3 is 48.5 Å². The molecule has 0 spiro atoms. The number of ketones is 1. The summed E-state index contributed by atoms with van der Waals surface area (Å²) >= 11 is 0. The molecule has 11 nitrogen and oxygen atoms in total. The van der Waals surface area contributed by atoms with Gasteiger partial charge in [-0.3, -0.25) is 4.79 Å². The summed E-state index contributed by atoms with van der Waals surface area (Å²) in [5.74, 6) is 0.706. The molecule has 0 aliphatic rings. The lowest BCUT2D eigenvalue weighted by Crippen LogP contribution is -2.32. The van der Waals surface area contributed by atoms with E-state index in [4.69, 9.17) is 33.2 Å². The molecule has 3 aromatic carbocycles. The minimum atomic E-state index is -1.07. The van der Waals surface area contributed by atoms with Crippen LogP contribution in [0.2, 0.25) is 0 Å². The second-order valence-corrected chi connectivity index (χ2v) is 13.3. The van der Waals surface area contributed by atoms with Crippen molar-refractivity contribution in [3.05, 3.63) is 59.2 Å². The van der Waals surface area contributed by atoms with Crippen molar-refractivity contribution in [2.24, 2.45) is 5.41 Å². The minimum Gasteiger partial charge on any atom is -0.504 e. The van der Waals surface area contributed by atoms with Crippen molar-refractivity contribution in [1.82, 2.24) is 0 Å². The Morgan fingerprint density at radius 3 is 1.79 bits per heavy atom. The molecular formula is C41H58O11. The van der Waals surface area contributed by atoms with E-state index in [1.54, 1.807) is 49.4 Å². The van der Waals surface area contributed by atoms with Gasteiger partial charge in [-0.05, 0) is 55.7 Å². The average Bonchev–Trinajstić information content (AvgIpc) is 3.16. The topological polar surface area (TPSA) is 142 Å². The quantitative estimate of drug-likeness (QED) is 0.0653. The molecule has 11 heteroatoms. The Kier molecular flexibility index (Phi) is 16.2. The van der Waals surface area contributed by atoms with Crippen molar-refractivity contribution < 1.29 is 53.3 Å². The minimum absolute atomic E-state index is 0.110. The van der Waals surface area contributed by atoms with Crippen LogP contribution in [0.3, 0.4) is 0 Å². The molecule has 0 fully saturated rings. The number of aliphatic hydroxyl groups is 2. The van der Waals surface area contributed by atoms with Gasteiger partial charge in [-0.1, -0.05) is 65.0 Å². The van der Waals surface area contributed by atoms with E-state index < -0.39 is 24.0 Å². The maximum atomic E-state index is 13.8. The van der Waals surface area contributed by atoms with Crippen LogP contribution in [0.15, 0.2) is 42.5 Å². The first-order valence-electron chi connectivity index (χ1n) is 18.0. The smallest absolute Gasteiger partial charge is 0.203 e. The van der Waals surface area contributed by atoms with E-state index in [1.807, 2.05) is 6.92 Å². The van der Waals surface area contributed by atoms with E-state index >= 15 is 0 Å². The Bertz CT molecular complexity index is 1540. The molecule has 0 bridgehead atoms. The first-order chi connectivity index (χ1) is 25.0. The van der Waals surface area contributed by atoms with Gasteiger partial charge in [-0.2, -0.15) is 0 Å². The summed E-state index contributed by atoms with van der Waals surface area (Å²) in [4.78, 5) is 13.8. The van der Waals surface area contributed by atoms with Crippen molar-refractivity contribution in [3.63, 3.8) is 0 Å². The number of carbonyl (C=O) groups excluding carboxylic acids is 1. The zero-order valence-electron chi connectivity index (χ0n) is 32.2. The molecule has 288 valence electrons. The maximum absolute atomic E-state index is 13.8. The number of rotatable bonds is 23. The van der Waals surface area contributed by atoms with Gasteiger partial charge in [0.1, 0.15) is 6.10 Å². The number of hydrogen-bond donors (Lipinski definition) is 3.